The first-order chi connectivity index (χ1) is 32.9. The molecular weight excluding hydrogens is 952 g/mol. The maximum atomic E-state index is 14.7. The molecule has 0 bridgehead atoms. The van der Waals surface area contributed by atoms with Gasteiger partial charge in [-0.3, -0.25) is 4.98 Å². The van der Waals surface area contributed by atoms with Crippen LogP contribution in [0.5, 0.6) is 0 Å². The Morgan fingerprint density at radius 3 is 1.19 bits per heavy atom. The van der Waals surface area contributed by atoms with Crippen LogP contribution in [0.2, 0.25) is 0 Å². The zero-order valence-corrected chi connectivity index (χ0v) is 35.0. The number of hydrogen-bond donors (Lipinski definition) is 0. The van der Waals surface area contributed by atoms with Gasteiger partial charge >= 0.3 is 30.9 Å². The van der Waals surface area contributed by atoms with Crippen LogP contribution in [0.25, 0.3) is 88.5 Å². The van der Waals surface area contributed by atoms with Gasteiger partial charge in [0.1, 0.15) is 0 Å². The highest BCUT2D eigenvalue weighted by molar-refractivity contribution is 6.12. The van der Waals surface area contributed by atoms with Crippen molar-refractivity contribution in [3.05, 3.63) is 186 Å². The molecule has 0 saturated carbocycles. The second-order valence-corrected chi connectivity index (χ2v) is 16.3. The van der Waals surface area contributed by atoms with Crippen LogP contribution in [0.4, 0.5) is 65.9 Å². The van der Waals surface area contributed by atoms with Gasteiger partial charge in [-0.2, -0.15) is 65.9 Å². The molecule has 0 N–H and O–H groups in total. The number of halogens is 15. The van der Waals surface area contributed by atoms with Crippen LogP contribution < -0.4 is 0 Å². The number of pyridine rings is 1. The first kappa shape index (κ1) is 46.0. The highest BCUT2D eigenvalue weighted by atomic mass is 19.4. The molecule has 0 saturated heterocycles. The smallest absolute Gasteiger partial charge is 0.309 e. The lowest BCUT2D eigenvalue weighted by Gasteiger charge is -2.19. The predicted octanol–water partition coefficient (Wildman–Crippen LogP) is 17.4. The molecule has 0 atom stereocenters. The molecule has 18 heteroatoms. The Kier molecular flexibility index (Phi) is 10.4. The summed E-state index contributed by atoms with van der Waals surface area (Å²) in [5.41, 5.74) is -6.81. The maximum Gasteiger partial charge on any atom is 0.417 e. The minimum absolute atomic E-state index is 0.0282. The topological polar surface area (TPSA) is 22.8 Å². The fraction of sp³-hybridized carbons (Fsp3) is 0.0962. The average Bonchev–Trinajstić information content (AvgIpc) is 3.81. The van der Waals surface area contributed by atoms with E-state index in [1.165, 1.54) is 54.7 Å². The largest absolute Gasteiger partial charge is 0.417 e. The van der Waals surface area contributed by atoms with Gasteiger partial charge in [0, 0.05) is 33.3 Å². The fourth-order valence-corrected chi connectivity index (χ4v) is 9.10. The summed E-state index contributed by atoms with van der Waals surface area (Å²) in [5.74, 6) is 0. The van der Waals surface area contributed by atoms with E-state index in [-0.39, 0.29) is 51.4 Å². The first-order valence-electron chi connectivity index (χ1n) is 20.7. The van der Waals surface area contributed by atoms with Crippen LogP contribution in [-0.2, 0) is 30.9 Å². The van der Waals surface area contributed by atoms with Gasteiger partial charge in [0.15, 0.2) is 0 Å². The van der Waals surface area contributed by atoms with Crippen LogP contribution in [0.1, 0.15) is 27.8 Å². The number of nitrogens with zero attached hydrogens (tertiary/aromatic N) is 3. The summed E-state index contributed by atoms with van der Waals surface area (Å²) in [6.45, 7) is 0. The highest BCUT2D eigenvalue weighted by Crippen LogP contribution is 2.47. The SMILES string of the molecule is FC(F)(F)c1ccc(-n2c3ccccc3c3cc(-c4ccc(C(F)(F)F)cc4C(F)(F)F)ccc32)c(-c2ncccc2-n2c3ccccc3c3cc(-c4ccc(C(F)(F)F)cc4C(F)(F)F)ccc32)c1. The lowest BCUT2D eigenvalue weighted by molar-refractivity contribution is -0.144. The van der Waals surface area contributed by atoms with Crippen molar-refractivity contribution in [1.82, 2.24) is 14.1 Å². The lowest BCUT2D eigenvalue weighted by Crippen LogP contribution is -2.12. The van der Waals surface area contributed by atoms with E-state index < -0.39 is 69.8 Å². The average molecular weight is 978 g/mol. The van der Waals surface area contributed by atoms with Gasteiger partial charge in [0.25, 0.3) is 0 Å². The minimum atomic E-state index is -5.20. The molecule has 0 radical (unpaired) electrons. The van der Waals surface area contributed by atoms with Crippen molar-refractivity contribution in [1.29, 1.82) is 0 Å². The number of para-hydroxylation sites is 2. The molecule has 0 aliphatic carbocycles. The first-order valence-corrected chi connectivity index (χ1v) is 20.7. The Morgan fingerprint density at radius 2 is 0.729 bits per heavy atom. The van der Waals surface area contributed by atoms with Crippen molar-refractivity contribution in [3.63, 3.8) is 0 Å². The third kappa shape index (κ3) is 7.84. The molecule has 0 spiro atoms. The van der Waals surface area contributed by atoms with Crippen molar-refractivity contribution in [2.75, 3.05) is 0 Å². The van der Waals surface area contributed by atoms with E-state index in [9.17, 15) is 65.9 Å². The maximum absolute atomic E-state index is 14.7. The molecule has 10 aromatic rings. The molecule has 0 amide bonds. The number of hydrogen-bond acceptors (Lipinski definition) is 1. The Morgan fingerprint density at radius 1 is 0.314 bits per heavy atom. The number of benzene rings is 7. The van der Waals surface area contributed by atoms with Gasteiger partial charge in [-0.1, -0.05) is 60.7 Å². The highest BCUT2D eigenvalue weighted by Gasteiger charge is 2.40. The fourth-order valence-electron chi connectivity index (χ4n) is 9.10. The summed E-state index contributed by atoms with van der Waals surface area (Å²) in [5, 5.41) is 1.51. The van der Waals surface area contributed by atoms with E-state index in [2.05, 4.69) is 4.98 Å². The Labute approximate surface area is 384 Å². The molecule has 0 aliphatic rings. The molecule has 0 unspecified atom stereocenters. The van der Waals surface area contributed by atoms with Crippen LogP contribution in [0.3, 0.4) is 0 Å². The molecule has 3 aromatic heterocycles. The third-order valence-corrected chi connectivity index (χ3v) is 12.1. The quantitative estimate of drug-likeness (QED) is 0.158. The van der Waals surface area contributed by atoms with E-state index in [1.807, 2.05) is 0 Å². The third-order valence-electron chi connectivity index (χ3n) is 12.1. The van der Waals surface area contributed by atoms with Crippen molar-refractivity contribution in [2.24, 2.45) is 0 Å². The van der Waals surface area contributed by atoms with Gasteiger partial charge in [0.2, 0.25) is 0 Å². The van der Waals surface area contributed by atoms with Crippen LogP contribution in [0.15, 0.2) is 158 Å². The zero-order chi connectivity index (χ0) is 49.9. The van der Waals surface area contributed by atoms with E-state index in [4.69, 9.17) is 0 Å². The Hall–Kier alpha value is -7.76. The number of alkyl halides is 15. The van der Waals surface area contributed by atoms with Gasteiger partial charge in [0.05, 0.1) is 67.0 Å². The summed E-state index contributed by atoms with van der Waals surface area (Å²) >= 11 is 0. The summed E-state index contributed by atoms with van der Waals surface area (Å²) in [7, 11) is 0. The van der Waals surface area contributed by atoms with Gasteiger partial charge in [-0.25, -0.2) is 0 Å². The van der Waals surface area contributed by atoms with Crippen molar-refractivity contribution < 1.29 is 65.9 Å². The van der Waals surface area contributed by atoms with E-state index in [0.717, 1.165) is 24.3 Å². The molecule has 0 fully saturated rings. The Balaban J connectivity index is 1.20. The molecule has 354 valence electrons. The summed E-state index contributed by atoms with van der Waals surface area (Å²) in [6, 6.07) is 29.9. The number of aromatic nitrogens is 3. The van der Waals surface area contributed by atoms with Crippen LogP contribution in [-0.4, -0.2) is 14.1 Å². The summed E-state index contributed by atoms with van der Waals surface area (Å²) in [4.78, 5) is 4.61. The van der Waals surface area contributed by atoms with E-state index in [0.29, 0.717) is 50.2 Å². The number of fused-ring (bicyclic) bond motifs is 6. The lowest BCUT2D eigenvalue weighted by atomic mass is 9.95. The Bertz CT molecular complexity index is 3720. The van der Waals surface area contributed by atoms with Gasteiger partial charge in [-0.05, 0) is 113 Å². The molecule has 0 aliphatic heterocycles. The zero-order valence-electron chi connectivity index (χ0n) is 35.0. The minimum Gasteiger partial charge on any atom is -0.309 e. The molecule has 3 nitrogen and oxygen atoms in total. The molecule has 7 aromatic carbocycles. The standard InChI is InChI=1S/C52H26F15N3/c53-48(54,55)29-15-20-45(69-41-8-3-1-6-34(41)36-22-27(11-18-43(36)69)32-16-13-30(49(56,57)58)25-39(32)51(62,63)64)38(24-29)47-46(10-5-21-68-47)70-42-9-4-2-7-35(42)37-23-28(12-19-44(37)70)33-17-14-31(50(59,60)61)26-40(33)52(65,66)67/h1-26H. The molecular formula is C52H26F15N3. The normalized spacial score (nSPS) is 13.1. The van der Waals surface area contributed by atoms with E-state index >= 15 is 0 Å². The van der Waals surface area contributed by atoms with Crippen LogP contribution in [0, 0.1) is 0 Å². The number of rotatable bonds is 5. The van der Waals surface area contributed by atoms with E-state index in [1.54, 1.807) is 63.7 Å². The second kappa shape index (κ2) is 15.9. The van der Waals surface area contributed by atoms with Crippen LogP contribution >= 0.6 is 0 Å². The monoisotopic (exact) mass is 977 g/mol. The van der Waals surface area contributed by atoms with Gasteiger partial charge in [-0.15, -0.1) is 0 Å². The van der Waals surface area contributed by atoms with Gasteiger partial charge < -0.3 is 9.13 Å². The molecule has 70 heavy (non-hydrogen) atoms. The second-order valence-electron chi connectivity index (χ2n) is 16.3. The predicted molar refractivity (Wildman–Crippen MR) is 234 cm³/mol. The van der Waals surface area contributed by atoms with Crippen molar-refractivity contribution >= 4 is 43.6 Å². The summed E-state index contributed by atoms with van der Waals surface area (Å²) < 4.78 is 215. The van der Waals surface area contributed by atoms with Crippen molar-refractivity contribution in [2.45, 2.75) is 30.9 Å². The molecule has 3 heterocycles. The van der Waals surface area contributed by atoms with Crippen molar-refractivity contribution in [3.8, 4) is 44.9 Å². The summed E-state index contributed by atoms with van der Waals surface area (Å²) in [6.07, 6.45) is -24.1. The molecule has 10 rings (SSSR count).